The van der Waals surface area contributed by atoms with E-state index in [0.717, 1.165) is 19.0 Å². The van der Waals surface area contributed by atoms with Gasteiger partial charge in [-0.05, 0) is 50.1 Å². The van der Waals surface area contributed by atoms with Crippen molar-refractivity contribution in [2.45, 2.75) is 60.3 Å². The lowest BCUT2D eigenvalue weighted by atomic mass is 9.71. The van der Waals surface area contributed by atoms with Crippen LogP contribution in [0.15, 0.2) is 0 Å². The van der Waals surface area contributed by atoms with E-state index in [4.69, 9.17) is 0 Å². The third kappa shape index (κ3) is 4.76. The summed E-state index contributed by atoms with van der Waals surface area (Å²) >= 11 is 0. The lowest BCUT2D eigenvalue weighted by Crippen LogP contribution is -2.48. The molecule has 2 rings (SSSR count). The summed E-state index contributed by atoms with van der Waals surface area (Å²) in [5.41, 5.74) is 0.555. The topological polar surface area (TPSA) is 23.6 Å². The standard InChI is InChI=1S/C15H28N2O.C2H6/c1-13(2)12-16-8-4-15(5-9-16)6-10-17(11-7-15)14(3)18;1-2/h13H,4-12H2,1-3H3;1-2H3. The number of carbonyl (C=O) groups excluding carboxylic acids is 1. The Balaban J connectivity index is 0.000000956. The number of rotatable bonds is 2. The number of piperidine rings is 2. The first kappa shape index (κ1) is 17.5. The molecule has 118 valence electrons. The predicted molar refractivity (Wildman–Crippen MR) is 85.8 cm³/mol. The number of nitrogens with zero attached hydrogens (tertiary/aromatic N) is 2. The molecule has 0 aromatic carbocycles. The van der Waals surface area contributed by atoms with E-state index < -0.39 is 0 Å². The minimum atomic E-state index is 0.252. The van der Waals surface area contributed by atoms with Crippen LogP contribution in [0.2, 0.25) is 0 Å². The molecule has 2 saturated heterocycles. The molecule has 2 heterocycles. The summed E-state index contributed by atoms with van der Waals surface area (Å²) in [6.45, 7) is 16.0. The Morgan fingerprint density at radius 2 is 1.45 bits per heavy atom. The Bertz CT molecular complexity index is 283. The number of carbonyl (C=O) groups is 1. The SMILES string of the molecule is CC.CC(=O)N1CCC2(CCN(CC(C)C)CC2)CC1. The maximum absolute atomic E-state index is 11.4. The lowest BCUT2D eigenvalue weighted by molar-refractivity contribution is -0.131. The summed E-state index contributed by atoms with van der Waals surface area (Å²) in [5.74, 6) is 1.03. The molecule has 20 heavy (non-hydrogen) atoms. The molecular formula is C17H34N2O. The fourth-order valence-electron chi connectivity index (χ4n) is 3.52. The van der Waals surface area contributed by atoms with Gasteiger partial charge in [0, 0.05) is 26.6 Å². The van der Waals surface area contributed by atoms with Crippen molar-refractivity contribution in [1.29, 1.82) is 0 Å². The average Bonchev–Trinajstić information content (AvgIpc) is 2.44. The fourth-order valence-corrected chi connectivity index (χ4v) is 3.52. The molecule has 2 fully saturated rings. The van der Waals surface area contributed by atoms with Gasteiger partial charge in [-0.2, -0.15) is 0 Å². The first-order valence-electron chi connectivity index (χ1n) is 8.49. The second-order valence-corrected chi connectivity index (χ2v) is 6.70. The third-order valence-corrected chi connectivity index (χ3v) is 4.81. The van der Waals surface area contributed by atoms with Gasteiger partial charge in [-0.15, -0.1) is 0 Å². The van der Waals surface area contributed by atoms with Crippen molar-refractivity contribution < 1.29 is 4.79 Å². The van der Waals surface area contributed by atoms with Crippen molar-refractivity contribution >= 4 is 5.91 Å². The van der Waals surface area contributed by atoms with Crippen molar-refractivity contribution in [1.82, 2.24) is 9.80 Å². The highest BCUT2D eigenvalue weighted by Gasteiger charge is 2.37. The molecule has 3 nitrogen and oxygen atoms in total. The van der Waals surface area contributed by atoms with Crippen LogP contribution in [0, 0.1) is 11.3 Å². The van der Waals surface area contributed by atoms with Crippen LogP contribution in [-0.4, -0.2) is 48.4 Å². The Hall–Kier alpha value is -0.570. The van der Waals surface area contributed by atoms with Crippen molar-refractivity contribution in [2.75, 3.05) is 32.7 Å². The fraction of sp³-hybridized carbons (Fsp3) is 0.941. The molecule has 1 spiro atoms. The van der Waals surface area contributed by atoms with Gasteiger partial charge in [-0.3, -0.25) is 4.79 Å². The number of hydrogen-bond acceptors (Lipinski definition) is 2. The Labute approximate surface area is 125 Å². The minimum absolute atomic E-state index is 0.252. The molecule has 0 aromatic heterocycles. The molecule has 0 unspecified atom stereocenters. The van der Waals surface area contributed by atoms with Gasteiger partial charge in [0.05, 0.1) is 0 Å². The van der Waals surface area contributed by atoms with Gasteiger partial charge in [-0.25, -0.2) is 0 Å². The molecule has 0 N–H and O–H groups in total. The highest BCUT2D eigenvalue weighted by atomic mass is 16.2. The van der Waals surface area contributed by atoms with Crippen LogP contribution in [0.3, 0.4) is 0 Å². The monoisotopic (exact) mass is 282 g/mol. The van der Waals surface area contributed by atoms with E-state index in [1.54, 1.807) is 6.92 Å². The molecular weight excluding hydrogens is 248 g/mol. The van der Waals surface area contributed by atoms with Crippen LogP contribution in [-0.2, 0) is 4.79 Å². The van der Waals surface area contributed by atoms with Crippen LogP contribution >= 0.6 is 0 Å². The molecule has 3 heteroatoms. The van der Waals surface area contributed by atoms with E-state index in [2.05, 4.69) is 18.7 Å². The zero-order chi connectivity index (χ0) is 15.2. The van der Waals surface area contributed by atoms with E-state index in [1.165, 1.54) is 45.3 Å². The summed E-state index contributed by atoms with van der Waals surface area (Å²) in [4.78, 5) is 16.0. The van der Waals surface area contributed by atoms with Gasteiger partial charge < -0.3 is 9.80 Å². The predicted octanol–water partition coefficient (Wildman–Crippen LogP) is 3.39. The van der Waals surface area contributed by atoms with Gasteiger partial charge in [0.2, 0.25) is 5.91 Å². The summed E-state index contributed by atoms with van der Waals surface area (Å²) in [6, 6.07) is 0. The number of likely N-dealkylation sites (tertiary alicyclic amines) is 2. The van der Waals surface area contributed by atoms with Gasteiger partial charge >= 0.3 is 0 Å². The Kier molecular flexibility index (Phi) is 7.01. The third-order valence-electron chi connectivity index (χ3n) is 4.81. The Morgan fingerprint density at radius 1 is 1.00 bits per heavy atom. The maximum atomic E-state index is 11.4. The molecule has 0 aliphatic carbocycles. The van der Waals surface area contributed by atoms with E-state index in [1.807, 2.05) is 18.7 Å². The first-order valence-corrected chi connectivity index (χ1v) is 8.49. The van der Waals surface area contributed by atoms with E-state index in [9.17, 15) is 4.79 Å². The molecule has 0 atom stereocenters. The van der Waals surface area contributed by atoms with Crippen molar-refractivity contribution in [3.8, 4) is 0 Å². The summed E-state index contributed by atoms with van der Waals surface area (Å²) in [7, 11) is 0. The number of hydrogen-bond donors (Lipinski definition) is 0. The van der Waals surface area contributed by atoms with Crippen molar-refractivity contribution in [3.63, 3.8) is 0 Å². The smallest absolute Gasteiger partial charge is 0.219 e. The van der Waals surface area contributed by atoms with Gasteiger partial charge in [0.15, 0.2) is 0 Å². The highest BCUT2D eigenvalue weighted by Crippen LogP contribution is 2.41. The van der Waals surface area contributed by atoms with Crippen LogP contribution in [0.25, 0.3) is 0 Å². The summed E-state index contributed by atoms with van der Waals surface area (Å²) in [6.07, 6.45) is 5.13. The zero-order valence-corrected chi connectivity index (χ0v) is 14.2. The second kappa shape index (κ2) is 8.02. The van der Waals surface area contributed by atoms with Crippen LogP contribution in [0.1, 0.15) is 60.3 Å². The first-order chi connectivity index (χ1) is 9.51. The van der Waals surface area contributed by atoms with Gasteiger partial charge in [-0.1, -0.05) is 27.7 Å². The lowest BCUT2D eigenvalue weighted by Gasteiger charge is -2.47. The molecule has 2 aliphatic heterocycles. The van der Waals surface area contributed by atoms with E-state index >= 15 is 0 Å². The van der Waals surface area contributed by atoms with Crippen molar-refractivity contribution in [3.05, 3.63) is 0 Å². The van der Waals surface area contributed by atoms with Crippen LogP contribution in [0.5, 0.6) is 0 Å². The van der Waals surface area contributed by atoms with Crippen molar-refractivity contribution in [2.24, 2.45) is 11.3 Å². The van der Waals surface area contributed by atoms with Crippen LogP contribution in [0.4, 0.5) is 0 Å². The quantitative estimate of drug-likeness (QED) is 0.775. The summed E-state index contributed by atoms with van der Waals surface area (Å²) in [5, 5.41) is 0. The van der Waals surface area contributed by atoms with Crippen LogP contribution < -0.4 is 0 Å². The molecule has 2 aliphatic rings. The summed E-state index contributed by atoms with van der Waals surface area (Å²) < 4.78 is 0. The molecule has 1 amide bonds. The molecule has 0 saturated carbocycles. The molecule has 0 aromatic rings. The molecule has 0 bridgehead atoms. The largest absolute Gasteiger partial charge is 0.343 e. The average molecular weight is 282 g/mol. The zero-order valence-electron chi connectivity index (χ0n) is 14.2. The van der Waals surface area contributed by atoms with Gasteiger partial charge in [0.1, 0.15) is 0 Å². The van der Waals surface area contributed by atoms with E-state index in [0.29, 0.717) is 5.41 Å². The minimum Gasteiger partial charge on any atom is -0.343 e. The maximum Gasteiger partial charge on any atom is 0.219 e. The van der Waals surface area contributed by atoms with E-state index in [-0.39, 0.29) is 5.91 Å². The number of amides is 1. The van der Waals surface area contributed by atoms with Gasteiger partial charge in [0.25, 0.3) is 0 Å². The second-order valence-electron chi connectivity index (χ2n) is 6.70. The molecule has 0 radical (unpaired) electrons. The highest BCUT2D eigenvalue weighted by molar-refractivity contribution is 5.73. The normalized spacial score (nSPS) is 22.6. The Morgan fingerprint density at radius 3 is 1.85 bits per heavy atom.